The molecular weight excluding hydrogens is 488 g/mol. The van der Waals surface area contributed by atoms with Crippen LogP contribution in [-0.4, -0.2) is 60.4 Å². The zero-order valence-corrected chi connectivity index (χ0v) is 23.3. The fourth-order valence-electron chi connectivity index (χ4n) is 4.58. The third-order valence-electron chi connectivity index (χ3n) is 6.88. The van der Waals surface area contributed by atoms with E-state index in [1.165, 1.54) is 90.0 Å². The zero-order valence-electron chi connectivity index (χ0n) is 21.7. The van der Waals surface area contributed by atoms with Gasteiger partial charge >= 0.3 is 0 Å². The molecule has 1 aromatic rings. The van der Waals surface area contributed by atoms with Crippen LogP contribution in [0.25, 0.3) is 0 Å². The maximum Gasteiger partial charge on any atom is 0.252 e. The van der Waals surface area contributed by atoms with Gasteiger partial charge in [0.15, 0.2) is 0 Å². The van der Waals surface area contributed by atoms with Crippen molar-refractivity contribution in [2.24, 2.45) is 0 Å². The SMILES string of the molecule is CCCCN1CCN(c2ccc(C(=O)NCCCCCCCCCCCCCCBr)cn2)CC1. The van der Waals surface area contributed by atoms with Gasteiger partial charge in [0.05, 0.1) is 5.56 Å². The molecule has 1 amide bonds. The van der Waals surface area contributed by atoms with Crippen molar-refractivity contribution in [3.8, 4) is 0 Å². The lowest BCUT2D eigenvalue weighted by molar-refractivity contribution is 0.0952. The van der Waals surface area contributed by atoms with Crippen LogP contribution in [-0.2, 0) is 0 Å². The molecule has 0 unspecified atom stereocenters. The van der Waals surface area contributed by atoms with Gasteiger partial charge in [0.25, 0.3) is 5.91 Å². The predicted octanol–water partition coefficient (Wildman–Crippen LogP) is 6.81. The van der Waals surface area contributed by atoms with Crippen molar-refractivity contribution in [3.05, 3.63) is 23.9 Å². The molecule has 0 aromatic carbocycles. The van der Waals surface area contributed by atoms with Crippen LogP contribution in [0.4, 0.5) is 5.82 Å². The number of alkyl halides is 1. The van der Waals surface area contributed by atoms with Crippen molar-refractivity contribution in [3.63, 3.8) is 0 Å². The van der Waals surface area contributed by atoms with Crippen LogP contribution >= 0.6 is 15.9 Å². The maximum atomic E-state index is 12.4. The Hall–Kier alpha value is -1.14. The summed E-state index contributed by atoms with van der Waals surface area (Å²) in [5.74, 6) is 0.987. The highest BCUT2D eigenvalue weighted by Gasteiger charge is 2.17. The number of unbranched alkanes of at least 4 members (excludes halogenated alkanes) is 12. The first kappa shape index (κ1) is 29.1. The molecule has 2 heterocycles. The Kier molecular flexibility index (Phi) is 16.3. The number of carbonyl (C=O) groups excluding carboxylic acids is 1. The second-order valence-electron chi connectivity index (χ2n) is 9.77. The van der Waals surface area contributed by atoms with Crippen LogP contribution in [0.3, 0.4) is 0 Å². The number of carbonyl (C=O) groups is 1. The molecule has 2 rings (SSSR count). The minimum Gasteiger partial charge on any atom is -0.354 e. The Morgan fingerprint density at radius 3 is 1.97 bits per heavy atom. The summed E-state index contributed by atoms with van der Waals surface area (Å²) in [5.41, 5.74) is 0.664. The summed E-state index contributed by atoms with van der Waals surface area (Å²) in [6.45, 7) is 8.43. The molecule has 0 radical (unpaired) electrons. The largest absolute Gasteiger partial charge is 0.354 e. The lowest BCUT2D eigenvalue weighted by atomic mass is 10.1. The van der Waals surface area contributed by atoms with Crippen molar-refractivity contribution >= 4 is 27.7 Å². The molecule has 6 heteroatoms. The van der Waals surface area contributed by atoms with Gasteiger partial charge in [0, 0.05) is 44.3 Å². The number of nitrogens with zero attached hydrogens (tertiary/aromatic N) is 3. The summed E-state index contributed by atoms with van der Waals surface area (Å²) in [7, 11) is 0. The van der Waals surface area contributed by atoms with E-state index in [2.05, 4.69) is 43.0 Å². The topological polar surface area (TPSA) is 48.5 Å². The van der Waals surface area contributed by atoms with Gasteiger partial charge in [0.1, 0.15) is 5.82 Å². The number of hydrogen-bond acceptors (Lipinski definition) is 4. The Morgan fingerprint density at radius 2 is 1.44 bits per heavy atom. The van der Waals surface area contributed by atoms with E-state index in [0.29, 0.717) is 5.56 Å². The highest BCUT2D eigenvalue weighted by atomic mass is 79.9. The number of aromatic nitrogens is 1. The van der Waals surface area contributed by atoms with E-state index in [9.17, 15) is 4.79 Å². The standard InChI is InChI=1S/C28H49BrN4O/c1-2-3-20-32-21-23-33(24-22-32)27-17-16-26(25-31-27)28(34)30-19-15-13-11-9-7-5-4-6-8-10-12-14-18-29/h16-17,25H,2-15,18-24H2,1H3,(H,30,34). The average molecular weight is 538 g/mol. The predicted molar refractivity (Wildman–Crippen MR) is 149 cm³/mol. The molecule has 194 valence electrons. The molecule has 0 spiro atoms. The molecule has 34 heavy (non-hydrogen) atoms. The van der Waals surface area contributed by atoms with Crippen LogP contribution in [0.15, 0.2) is 18.3 Å². The Balaban J connectivity index is 1.47. The molecule has 0 atom stereocenters. The van der Waals surface area contributed by atoms with Crippen molar-refractivity contribution in [2.45, 2.75) is 96.8 Å². The maximum absolute atomic E-state index is 12.4. The van der Waals surface area contributed by atoms with E-state index < -0.39 is 0 Å². The summed E-state index contributed by atoms with van der Waals surface area (Å²) in [4.78, 5) is 21.9. The van der Waals surface area contributed by atoms with E-state index in [-0.39, 0.29) is 5.91 Å². The van der Waals surface area contributed by atoms with Crippen molar-refractivity contribution in [2.75, 3.05) is 49.5 Å². The van der Waals surface area contributed by atoms with Gasteiger partial charge in [-0.25, -0.2) is 4.98 Å². The van der Waals surface area contributed by atoms with Gasteiger partial charge in [-0.2, -0.15) is 0 Å². The smallest absolute Gasteiger partial charge is 0.252 e. The van der Waals surface area contributed by atoms with Crippen LogP contribution in [0.5, 0.6) is 0 Å². The number of rotatable bonds is 19. The Labute approximate surface area is 217 Å². The summed E-state index contributed by atoms with van der Waals surface area (Å²) < 4.78 is 0. The van der Waals surface area contributed by atoms with E-state index in [1.807, 2.05) is 12.1 Å². The third kappa shape index (κ3) is 12.5. The molecule has 0 aliphatic carbocycles. The number of hydrogen-bond donors (Lipinski definition) is 1. The van der Waals surface area contributed by atoms with Crippen LogP contribution in [0, 0.1) is 0 Å². The monoisotopic (exact) mass is 536 g/mol. The van der Waals surface area contributed by atoms with Gasteiger partial charge in [0.2, 0.25) is 0 Å². The normalized spacial score (nSPS) is 14.5. The molecule has 1 fully saturated rings. The third-order valence-corrected chi connectivity index (χ3v) is 7.44. The summed E-state index contributed by atoms with van der Waals surface area (Å²) >= 11 is 3.50. The zero-order chi connectivity index (χ0) is 24.3. The summed E-state index contributed by atoms with van der Waals surface area (Å²) in [5, 5.41) is 4.21. The number of pyridine rings is 1. The minimum atomic E-state index is -0.000399. The fourth-order valence-corrected chi connectivity index (χ4v) is 4.98. The van der Waals surface area contributed by atoms with Gasteiger partial charge in [-0.05, 0) is 37.9 Å². The minimum absolute atomic E-state index is 0.000399. The van der Waals surface area contributed by atoms with Crippen LogP contribution < -0.4 is 10.2 Å². The molecule has 1 N–H and O–H groups in total. The van der Waals surface area contributed by atoms with Gasteiger partial charge in [-0.15, -0.1) is 0 Å². The molecule has 1 aromatic heterocycles. The van der Waals surface area contributed by atoms with Gasteiger partial charge in [-0.1, -0.05) is 93.5 Å². The van der Waals surface area contributed by atoms with Crippen molar-refractivity contribution in [1.82, 2.24) is 15.2 Å². The molecule has 1 aliphatic heterocycles. The Morgan fingerprint density at radius 1 is 0.853 bits per heavy atom. The molecule has 0 saturated carbocycles. The molecular formula is C28H49BrN4O. The second kappa shape index (κ2) is 19.1. The second-order valence-corrected chi connectivity index (χ2v) is 10.6. The number of piperazine rings is 1. The lowest BCUT2D eigenvalue weighted by Crippen LogP contribution is -2.46. The summed E-state index contributed by atoms with van der Waals surface area (Å²) in [6, 6.07) is 3.92. The first-order chi connectivity index (χ1) is 16.7. The van der Waals surface area contributed by atoms with E-state index in [4.69, 9.17) is 0 Å². The first-order valence-corrected chi connectivity index (χ1v) is 15.1. The van der Waals surface area contributed by atoms with E-state index in [1.54, 1.807) is 6.20 Å². The van der Waals surface area contributed by atoms with E-state index >= 15 is 0 Å². The number of halogens is 1. The lowest BCUT2D eigenvalue weighted by Gasteiger charge is -2.35. The van der Waals surface area contributed by atoms with Crippen LogP contribution in [0.2, 0.25) is 0 Å². The number of amides is 1. The van der Waals surface area contributed by atoms with Crippen LogP contribution in [0.1, 0.15) is 107 Å². The average Bonchev–Trinajstić information content (AvgIpc) is 2.88. The summed E-state index contributed by atoms with van der Waals surface area (Å²) in [6.07, 6.45) is 20.2. The Bertz CT molecular complexity index is 632. The number of anilines is 1. The molecule has 1 saturated heterocycles. The fraction of sp³-hybridized carbons (Fsp3) is 0.786. The van der Waals surface area contributed by atoms with Crippen molar-refractivity contribution in [1.29, 1.82) is 0 Å². The quantitative estimate of drug-likeness (QED) is 0.156. The van der Waals surface area contributed by atoms with Gasteiger partial charge < -0.3 is 10.2 Å². The highest BCUT2D eigenvalue weighted by Crippen LogP contribution is 2.15. The number of nitrogens with one attached hydrogen (secondary N) is 1. The van der Waals surface area contributed by atoms with Gasteiger partial charge in [-0.3, -0.25) is 9.69 Å². The highest BCUT2D eigenvalue weighted by molar-refractivity contribution is 9.09. The van der Waals surface area contributed by atoms with Crippen molar-refractivity contribution < 1.29 is 4.79 Å². The molecule has 0 bridgehead atoms. The molecule has 1 aliphatic rings. The molecule has 5 nitrogen and oxygen atoms in total. The first-order valence-electron chi connectivity index (χ1n) is 14.0. The van der Waals surface area contributed by atoms with E-state index in [0.717, 1.165) is 50.3 Å².